The summed E-state index contributed by atoms with van der Waals surface area (Å²) < 4.78 is 28.8. The lowest BCUT2D eigenvalue weighted by Gasteiger charge is -2.30. The average Bonchev–Trinajstić information content (AvgIpc) is 3.05. The highest BCUT2D eigenvalue weighted by Crippen LogP contribution is 2.25. The van der Waals surface area contributed by atoms with Gasteiger partial charge in [0, 0.05) is 5.56 Å². The Morgan fingerprint density at radius 1 is 1.00 bits per heavy atom. The smallest absolute Gasteiger partial charge is 0.250 e. The molecular weight excluding hydrogens is 388 g/mol. The number of sulfonamides is 1. The van der Waals surface area contributed by atoms with E-state index in [1.807, 2.05) is 18.2 Å². The summed E-state index contributed by atoms with van der Waals surface area (Å²) in [6, 6.07) is 13.6. The highest BCUT2D eigenvalue weighted by molar-refractivity contribution is 7.91. The van der Waals surface area contributed by atoms with E-state index in [0.717, 1.165) is 24.4 Å². The SMILES string of the molecule is O=S(=O)(NC[C@H](c1ccccc1)[NH+]1CCCCCCC1)c1ccc(Cl)s1. The third kappa shape index (κ3) is 5.30. The molecule has 0 saturated carbocycles. The maximum absolute atomic E-state index is 12.6. The molecular formula is C19H26ClN2O2S2+. The summed E-state index contributed by atoms with van der Waals surface area (Å²) in [5.41, 5.74) is 1.19. The highest BCUT2D eigenvalue weighted by atomic mass is 35.5. The Balaban J connectivity index is 1.77. The lowest BCUT2D eigenvalue weighted by atomic mass is 10.0. The number of hydrogen-bond acceptors (Lipinski definition) is 3. The fraction of sp³-hybridized carbons (Fsp3) is 0.474. The molecule has 0 unspecified atom stereocenters. The van der Waals surface area contributed by atoms with Crippen LogP contribution >= 0.6 is 22.9 Å². The van der Waals surface area contributed by atoms with E-state index in [1.165, 1.54) is 42.6 Å². The normalized spacial score (nSPS) is 18.2. The maximum atomic E-state index is 12.6. The maximum Gasteiger partial charge on any atom is 0.250 e. The molecule has 0 spiro atoms. The molecule has 2 aromatic rings. The fourth-order valence-corrected chi connectivity index (χ4v) is 6.17. The number of thiophene rings is 1. The van der Waals surface area contributed by atoms with Crippen molar-refractivity contribution in [2.45, 2.75) is 42.4 Å². The van der Waals surface area contributed by atoms with Gasteiger partial charge in [-0.1, -0.05) is 48.4 Å². The van der Waals surface area contributed by atoms with Gasteiger partial charge in [-0.15, -0.1) is 11.3 Å². The van der Waals surface area contributed by atoms with Crippen LogP contribution in [0.4, 0.5) is 0 Å². The zero-order chi connectivity index (χ0) is 18.4. The summed E-state index contributed by atoms with van der Waals surface area (Å²) in [6.45, 7) is 2.58. The van der Waals surface area contributed by atoms with Crippen LogP contribution in [0.1, 0.15) is 43.7 Å². The Kier molecular flexibility index (Phi) is 7.12. The van der Waals surface area contributed by atoms with E-state index in [1.54, 1.807) is 12.1 Å². The first-order chi connectivity index (χ1) is 12.6. The van der Waals surface area contributed by atoms with E-state index in [-0.39, 0.29) is 10.3 Å². The minimum Gasteiger partial charge on any atom is -0.328 e. The number of hydrogen-bond donors (Lipinski definition) is 2. The van der Waals surface area contributed by atoms with E-state index in [9.17, 15) is 8.42 Å². The van der Waals surface area contributed by atoms with E-state index in [0.29, 0.717) is 10.9 Å². The third-order valence-electron chi connectivity index (χ3n) is 4.98. The van der Waals surface area contributed by atoms with Crippen molar-refractivity contribution in [2.24, 2.45) is 0 Å². The summed E-state index contributed by atoms with van der Waals surface area (Å²) >= 11 is 6.99. The van der Waals surface area contributed by atoms with Crippen molar-refractivity contribution in [1.82, 2.24) is 4.72 Å². The number of nitrogens with one attached hydrogen (secondary N) is 2. The van der Waals surface area contributed by atoms with Crippen molar-refractivity contribution in [1.29, 1.82) is 0 Å². The van der Waals surface area contributed by atoms with Crippen LogP contribution in [-0.2, 0) is 10.0 Å². The Bertz CT molecular complexity index is 785. The van der Waals surface area contributed by atoms with Crippen LogP contribution in [0.3, 0.4) is 0 Å². The predicted molar refractivity (Wildman–Crippen MR) is 107 cm³/mol. The molecule has 2 N–H and O–H groups in total. The highest BCUT2D eigenvalue weighted by Gasteiger charge is 2.27. The number of benzene rings is 1. The van der Waals surface area contributed by atoms with Crippen LogP contribution in [0, 0.1) is 0 Å². The Morgan fingerprint density at radius 2 is 1.65 bits per heavy atom. The molecule has 1 atom stereocenters. The van der Waals surface area contributed by atoms with E-state index >= 15 is 0 Å². The standard InChI is InChI=1S/C19H25ClN2O2S2/c20-18-11-12-19(25-18)26(23,24)21-15-17(16-9-5-4-6-10-16)22-13-7-2-1-3-8-14-22/h4-6,9-12,17,21H,1-3,7-8,13-15H2/p+1/t17-/m1/s1. The van der Waals surface area contributed by atoms with Gasteiger partial charge in [-0.3, -0.25) is 0 Å². The van der Waals surface area contributed by atoms with Gasteiger partial charge < -0.3 is 4.90 Å². The average molecular weight is 414 g/mol. The second kappa shape index (κ2) is 9.33. The first-order valence-electron chi connectivity index (χ1n) is 9.21. The monoisotopic (exact) mass is 413 g/mol. The molecule has 0 aliphatic carbocycles. The van der Waals surface area contributed by atoms with Crippen LogP contribution in [0.5, 0.6) is 0 Å². The zero-order valence-electron chi connectivity index (χ0n) is 14.8. The van der Waals surface area contributed by atoms with Gasteiger partial charge in [-0.05, 0) is 37.8 Å². The molecule has 1 aromatic heterocycles. The first-order valence-corrected chi connectivity index (χ1v) is 11.9. The molecule has 0 radical (unpaired) electrons. The van der Waals surface area contributed by atoms with Crippen LogP contribution in [0.15, 0.2) is 46.7 Å². The van der Waals surface area contributed by atoms with Gasteiger partial charge >= 0.3 is 0 Å². The summed E-state index contributed by atoms with van der Waals surface area (Å²) in [4.78, 5) is 1.47. The van der Waals surface area contributed by atoms with Crippen LogP contribution in [0.2, 0.25) is 4.34 Å². The third-order valence-corrected chi connectivity index (χ3v) is 8.13. The summed E-state index contributed by atoms with van der Waals surface area (Å²) in [5.74, 6) is 0. The molecule has 1 aromatic carbocycles. The number of quaternary nitrogens is 1. The number of rotatable bonds is 6. The second-order valence-corrected chi connectivity index (χ2v) is 10.5. The lowest BCUT2D eigenvalue weighted by Crippen LogP contribution is -3.13. The topological polar surface area (TPSA) is 50.6 Å². The van der Waals surface area contributed by atoms with Crippen molar-refractivity contribution in [3.8, 4) is 0 Å². The van der Waals surface area contributed by atoms with Crippen molar-refractivity contribution in [3.05, 3.63) is 52.4 Å². The first kappa shape index (κ1) is 19.8. The van der Waals surface area contributed by atoms with E-state index in [2.05, 4.69) is 16.9 Å². The van der Waals surface area contributed by atoms with Gasteiger partial charge in [0.2, 0.25) is 10.0 Å². The fourth-order valence-electron chi connectivity index (χ4n) is 3.60. The molecule has 0 bridgehead atoms. The van der Waals surface area contributed by atoms with Gasteiger partial charge in [0.1, 0.15) is 10.3 Å². The van der Waals surface area contributed by atoms with E-state index in [4.69, 9.17) is 11.6 Å². The van der Waals surface area contributed by atoms with Crippen molar-refractivity contribution >= 4 is 33.0 Å². The van der Waals surface area contributed by atoms with Crippen molar-refractivity contribution in [3.63, 3.8) is 0 Å². The Hall–Kier alpha value is -0.920. The largest absolute Gasteiger partial charge is 0.328 e. The molecule has 1 aliphatic rings. The number of likely N-dealkylation sites (tertiary alicyclic amines) is 1. The molecule has 0 amide bonds. The van der Waals surface area contributed by atoms with Gasteiger partial charge in [0.05, 0.1) is 24.0 Å². The molecule has 2 heterocycles. The summed E-state index contributed by atoms with van der Waals surface area (Å²) in [7, 11) is -3.53. The summed E-state index contributed by atoms with van der Waals surface area (Å²) in [5, 5.41) is 0. The quantitative estimate of drug-likeness (QED) is 0.763. The second-order valence-electron chi connectivity index (χ2n) is 6.80. The minimum atomic E-state index is -3.53. The minimum absolute atomic E-state index is 0.125. The molecule has 1 aliphatic heterocycles. The molecule has 26 heavy (non-hydrogen) atoms. The van der Waals surface area contributed by atoms with Gasteiger partial charge in [-0.25, -0.2) is 13.1 Å². The molecule has 1 saturated heterocycles. The van der Waals surface area contributed by atoms with Gasteiger partial charge in [0.25, 0.3) is 0 Å². The summed E-state index contributed by atoms with van der Waals surface area (Å²) in [6.07, 6.45) is 6.25. The van der Waals surface area contributed by atoms with Gasteiger partial charge in [-0.2, -0.15) is 0 Å². The zero-order valence-corrected chi connectivity index (χ0v) is 17.2. The molecule has 142 valence electrons. The number of halogens is 1. The lowest BCUT2D eigenvalue weighted by molar-refractivity contribution is -0.931. The molecule has 1 fully saturated rings. The molecule has 3 rings (SSSR count). The molecule has 7 heteroatoms. The van der Waals surface area contributed by atoms with Gasteiger partial charge in [0.15, 0.2) is 0 Å². The van der Waals surface area contributed by atoms with Crippen LogP contribution in [-0.4, -0.2) is 28.1 Å². The van der Waals surface area contributed by atoms with Crippen molar-refractivity contribution < 1.29 is 13.3 Å². The van der Waals surface area contributed by atoms with E-state index < -0.39 is 10.0 Å². The molecule has 4 nitrogen and oxygen atoms in total. The van der Waals surface area contributed by atoms with Crippen molar-refractivity contribution in [2.75, 3.05) is 19.6 Å². The Morgan fingerprint density at radius 3 is 2.27 bits per heavy atom. The Labute approximate surface area is 165 Å². The predicted octanol–water partition coefficient (Wildman–Crippen LogP) is 3.27. The van der Waals surface area contributed by atoms with Crippen LogP contribution in [0.25, 0.3) is 0 Å². The van der Waals surface area contributed by atoms with Crippen LogP contribution < -0.4 is 9.62 Å².